The third-order valence-electron chi connectivity index (χ3n) is 4.72. The second-order valence-corrected chi connectivity index (χ2v) is 5.64. The number of ether oxygens (including phenoxy) is 2. The van der Waals surface area contributed by atoms with Gasteiger partial charge in [0.15, 0.2) is 0 Å². The molecule has 3 rings (SSSR count). The number of nitrogens with zero attached hydrogens (tertiary/aromatic N) is 1. The number of hydrogen-bond acceptors (Lipinski definition) is 3. The first-order chi connectivity index (χ1) is 9.74. The fourth-order valence-electron chi connectivity index (χ4n) is 3.75. The topological polar surface area (TPSA) is 38.8 Å². The Labute approximate surface area is 119 Å². The van der Waals surface area contributed by atoms with Crippen LogP contribution < -0.4 is 4.74 Å². The van der Waals surface area contributed by atoms with Crippen molar-refractivity contribution in [3.05, 3.63) is 29.3 Å². The molecule has 1 aromatic rings. The van der Waals surface area contributed by atoms with Crippen LogP contribution in [0.2, 0.25) is 0 Å². The monoisotopic (exact) mass is 275 g/mol. The Hall–Kier alpha value is -1.71. The van der Waals surface area contributed by atoms with E-state index in [9.17, 15) is 4.79 Å². The minimum Gasteiger partial charge on any atom is -0.496 e. The molecule has 4 heteroatoms. The van der Waals surface area contributed by atoms with Gasteiger partial charge in [0, 0.05) is 13.1 Å². The van der Waals surface area contributed by atoms with Crippen LogP contribution in [0.1, 0.15) is 29.9 Å². The Balaban J connectivity index is 1.84. The molecule has 1 heterocycles. The van der Waals surface area contributed by atoms with Crippen molar-refractivity contribution in [3.8, 4) is 5.75 Å². The van der Waals surface area contributed by atoms with Crippen molar-refractivity contribution in [2.75, 3.05) is 27.3 Å². The Kier molecular flexibility index (Phi) is 3.55. The second kappa shape index (κ2) is 5.35. The van der Waals surface area contributed by atoms with E-state index < -0.39 is 0 Å². The molecule has 2 atom stereocenters. The maximum atomic E-state index is 11.7. The molecule has 0 saturated carbocycles. The summed E-state index contributed by atoms with van der Waals surface area (Å²) in [7, 11) is 3.19. The van der Waals surface area contributed by atoms with E-state index in [-0.39, 0.29) is 6.09 Å². The lowest BCUT2D eigenvalue weighted by Crippen LogP contribution is -2.44. The number of amides is 1. The summed E-state index contributed by atoms with van der Waals surface area (Å²) in [5.74, 6) is 2.11. The largest absolute Gasteiger partial charge is 0.496 e. The van der Waals surface area contributed by atoms with Crippen LogP contribution in [0.15, 0.2) is 18.2 Å². The van der Waals surface area contributed by atoms with Gasteiger partial charge in [0.1, 0.15) is 5.75 Å². The zero-order valence-electron chi connectivity index (χ0n) is 12.1. The van der Waals surface area contributed by atoms with E-state index in [2.05, 4.69) is 12.1 Å². The van der Waals surface area contributed by atoms with Crippen molar-refractivity contribution in [2.45, 2.75) is 25.2 Å². The molecular weight excluding hydrogens is 254 g/mol. The molecule has 1 aliphatic carbocycles. The molecule has 2 aliphatic rings. The van der Waals surface area contributed by atoms with Crippen LogP contribution in [-0.4, -0.2) is 38.3 Å². The number of fused-ring (bicyclic) bond motifs is 3. The van der Waals surface area contributed by atoms with E-state index in [1.54, 1.807) is 7.11 Å². The highest BCUT2D eigenvalue weighted by atomic mass is 16.5. The quantitative estimate of drug-likeness (QED) is 0.791. The Morgan fingerprint density at radius 2 is 2.15 bits per heavy atom. The van der Waals surface area contributed by atoms with E-state index in [1.165, 1.54) is 18.2 Å². The molecule has 0 spiro atoms. The van der Waals surface area contributed by atoms with E-state index in [1.807, 2.05) is 11.0 Å². The Morgan fingerprint density at radius 1 is 1.30 bits per heavy atom. The van der Waals surface area contributed by atoms with Crippen molar-refractivity contribution in [1.82, 2.24) is 4.90 Å². The van der Waals surface area contributed by atoms with Crippen LogP contribution in [0.4, 0.5) is 4.79 Å². The average Bonchev–Trinajstić information content (AvgIpc) is 2.52. The standard InChI is InChI=1S/C16H21NO3/c1-19-15-5-3-4-13-12-8-9-17(16(18)20-2)10-11(12)6-7-14(13)15/h3-5,11-12H,6-10H2,1-2H3/t11-,12-/m1/s1. The zero-order valence-corrected chi connectivity index (χ0v) is 12.1. The Morgan fingerprint density at radius 3 is 2.90 bits per heavy atom. The van der Waals surface area contributed by atoms with Gasteiger partial charge in [-0.05, 0) is 48.3 Å². The van der Waals surface area contributed by atoms with Gasteiger partial charge in [-0.15, -0.1) is 0 Å². The van der Waals surface area contributed by atoms with Gasteiger partial charge >= 0.3 is 6.09 Å². The molecule has 0 N–H and O–H groups in total. The average molecular weight is 275 g/mol. The van der Waals surface area contributed by atoms with E-state index in [0.717, 1.165) is 38.1 Å². The molecule has 0 unspecified atom stereocenters. The van der Waals surface area contributed by atoms with Crippen molar-refractivity contribution >= 4 is 6.09 Å². The molecule has 4 nitrogen and oxygen atoms in total. The van der Waals surface area contributed by atoms with E-state index >= 15 is 0 Å². The summed E-state index contributed by atoms with van der Waals surface area (Å²) < 4.78 is 10.3. The highest BCUT2D eigenvalue weighted by Gasteiger charge is 2.36. The predicted molar refractivity (Wildman–Crippen MR) is 76.1 cm³/mol. The SMILES string of the molecule is COC(=O)N1CC[C@H]2c3cccc(OC)c3CC[C@@H]2C1. The first kappa shape index (κ1) is 13.3. The number of carbonyl (C=O) groups is 1. The lowest BCUT2D eigenvalue weighted by atomic mass is 9.71. The predicted octanol–water partition coefficient (Wildman–Crippen LogP) is 2.81. The number of rotatable bonds is 1. The number of likely N-dealkylation sites (tertiary alicyclic amines) is 1. The summed E-state index contributed by atoms with van der Waals surface area (Å²) in [6, 6.07) is 6.35. The summed E-state index contributed by atoms with van der Waals surface area (Å²) in [6.07, 6.45) is 2.97. The van der Waals surface area contributed by atoms with Crippen molar-refractivity contribution in [2.24, 2.45) is 5.92 Å². The second-order valence-electron chi connectivity index (χ2n) is 5.64. The first-order valence-electron chi connectivity index (χ1n) is 7.23. The molecular formula is C16H21NO3. The van der Waals surface area contributed by atoms with Crippen molar-refractivity contribution < 1.29 is 14.3 Å². The minimum atomic E-state index is -0.195. The van der Waals surface area contributed by atoms with Crippen LogP contribution in [0.3, 0.4) is 0 Å². The summed E-state index contributed by atoms with van der Waals surface area (Å²) in [5, 5.41) is 0. The summed E-state index contributed by atoms with van der Waals surface area (Å²) >= 11 is 0. The molecule has 1 aromatic carbocycles. The van der Waals surface area contributed by atoms with Crippen LogP contribution >= 0.6 is 0 Å². The smallest absolute Gasteiger partial charge is 0.409 e. The molecule has 1 fully saturated rings. The molecule has 0 aromatic heterocycles. The normalized spacial score (nSPS) is 24.6. The highest BCUT2D eigenvalue weighted by molar-refractivity contribution is 5.67. The molecule has 0 radical (unpaired) electrons. The minimum absolute atomic E-state index is 0.195. The molecule has 1 saturated heterocycles. The third kappa shape index (κ3) is 2.13. The number of carbonyl (C=O) groups excluding carboxylic acids is 1. The maximum absolute atomic E-state index is 11.7. The van der Waals surface area contributed by atoms with Gasteiger partial charge in [0.25, 0.3) is 0 Å². The maximum Gasteiger partial charge on any atom is 0.409 e. The van der Waals surface area contributed by atoms with E-state index in [4.69, 9.17) is 9.47 Å². The summed E-state index contributed by atoms with van der Waals surface area (Å²) in [5.41, 5.74) is 2.79. The van der Waals surface area contributed by atoms with Gasteiger partial charge < -0.3 is 14.4 Å². The van der Waals surface area contributed by atoms with Gasteiger partial charge in [0.05, 0.1) is 14.2 Å². The number of methoxy groups -OCH3 is 2. The van der Waals surface area contributed by atoms with Crippen LogP contribution in [0.5, 0.6) is 5.75 Å². The molecule has 1 aliphatic heterocycles. The van der Waals surface area contributed by atoms with Gasteiger partial charge in [0.2, 0.25) is 0 Å². The number of benzene rings is 1. The molecule has 108 valence electrons. The van der Waals surface area contributed by atoms with Crippen molar-refractivity contribution in [1.29, 1.82) is 0 Å². The third-order valence-corrected chi connectivity index (χ3v) is 4.72. The van der Waals surface area contributed by atoms with Crippen molar-refractivity contribution in [3.63, 3.8) is 0 Å². The lowest BCUT2D eigenvalue weighted by molar-refractivity contribution is 0.0916. The van der Waals surface area contributed by atoms with Crippen LogP contribution in [-0.2, 0) is 11.2 Å². The first-order valence-corrected chi connectivity index (χ1v) is 7.23. The molecule has 1 amide bonds. The van der Waals surface area contributed by atoms with Crippen LogP contribution in [0.25, 0.3) is 0 Å². The van der Waals surface area contributed by atoms with E-state index in [0.29, 0.717) is 11.8 Å². The van der Waals surface area contributed by atoms with Gasteiger partial charge in [-0.1, -0.05) is 12.1 Å². The fourth-order valence-corrected chi connectivity index (χ4v) is 3.75. The summed E-state index contributed by atoms with van der Waals surface area (Å²) in [6.45, 7) is 1.60. The Bertz CT molecular complexity index is 514. The molecule has 0 bridgehead atoms. The lowest BCUT2D eigenvalue weighted by Gasteiger charge is -2.41. The van der Waals surface area contributed by atoms with Gasteiger partial charge in [-0.3, -0.25) is 0 Å². The van der Waals surface area contributed by atoms with Gasteiger partial charge in [-0.25, -0.2) is 4.79 Å². The fraction of sp³-hybridized carbons (Fsp3) is 0.562. The zero-order chi connectivity index (χ0) is 14.1. The van der Waals surface area contributed by atoms with Crippen LogP contribution in [0, 0.1) is 5.92 Å². The van der Waals surface area contributed by atoms with Gasteiger partial charge in [-0.2, -0.15) is 0 Å². The number of hydrogen-bond donors (Lipinski definition) is 0. The highest BCUT2D eigenvalue weighted by Crippen LogP contribution is 2.44. The summed E-state index contributed by atoms with van der Waals surface area (Å²) in [4.78, 5) is 13.5. The number of piperidine rings is 1. The molecule has 20 heavy (non-hydrogen) atoms.